The van der Waals surface area contributed by atoms with Crippen molar-refractivity contribution in [2.45, 2.75) is 62.3 Å². The first kappa shape index (κ1) is 43.4. The van der Waals surface area contributed by atoms with E-state index in [4.69, 9.17) is 5.73 Å². The number of para-hydroxylation sites is 2. The maximum absolute atomic E-state index is 14.7. The number of nitrogens with two attached hydrogens (primary N) is 1. The number of carboxylic acids is 1. The maximum Gasteiger partial charge on any atom is 0.326 e. The average molecular weight is 848 g/mol. The number of amides is 4. The number of carbonyl (C=O) groups is 5. The zero-order valence-electron chi connectivity index (χ0n) is 34.3. The molecular formula is C49H49N7O7. The van der Waals surface area contributed by atoms with Gasteiger partial charge in [0.25, 0.3) is 0 Å². The Labute approximate surface area is 363 Å². The van der Waals surface area contributed by atoms with E-state index in [1.165, 1.54) is 12.1 Å². The van der Waals surface area contributed by atoms with E-state index in [9.17, 15) is 34.2 Å². The van der Waals surface area contributed by atoms with E-state index in [0.717, 1.165) is 32.9 Å². The molecule has 0 spiro atoms. The van der Waals surface area contributed by atoms with Gasteiger partial charge in [0.1, 0.15) is 29.9 Å². The van der Waals surface area contributed by atoms with Gasteiger partial charge in [-0.05, 0) is 58.5 Å². The summed E-state index contributed by atoms with van der Waals surface area (Å²) < 4.78 is 0. The standard InChI is InChI=1S/C49H49N7O7/c50-38(23-30-11-3-1-4-12-30)45(58)53-41(24-31-13-5-2-6-14-31)46(59)55-43(26-33-28-51-39-17-9-7-15-36(33)39)48(61)54-42(25-32-19-21-35(57)22-20-32)47(60)56-44(49(62)63)27-34-29-52-40-18-10-8-16-37(34)40/h1-22,28-29,38,41-44,51-52,57H,23-27,50H2,(H,53,58)(H,54,61)(H,55,59)(H,56,60)(H,62,63). The number of carbonyl (C=O) groups excluding carboxylic acids is 4. The molecule has 2 aromatic heterocycles. The molecule has 7 aromatic rings. The predicted octanol–water partition coefficient (Wildman–Crippen LogP) is 4.22. The highest BCUT2D eigenvalue weighted by Gasteiger charge is 2.33. The van der Waals surface area contributed by atoms with E-state index in [0.29, 0.717) is 16.7 Å². The highest BCUT2D eigenvalue weighted by molar-refractivity contribution is 5.96. The van der Waals surface area contributed by atoms with Gasteiger partial charge in [0.05, 0.1) is 6.04 Å². The van der Waals surface area contributed by atoms with Crippen LogP contribution in [0.2, 0.25) is 0 Å². The van der Waals surface area contributed by atoms with E-state index < -0.39 is 59.8 Å². The fraction of sp³-hybridized carbons (Fsp3) is 0.204. The van der Waals surface area contributed by atoms with Crippen LogP contribution in [0.5, 0.6) is 5.75 Å². The molecule has 0 aliphatic heterocycles. The summed E-state index contributed by atoms with van der Waals surface area (Å²) in [6.45, 7) is 0. The summed E-state index contributed by atoms with van der Waals surface area (Å²) in [7, 11) is 0. The van der Waals surface area contributed by atoms with Crippen molar-refractivity contribution in [3.8, 4) is 5.75 Å². The first-order valence-corrected chi connectivity index (χ1v) is 20.7. The number of H-pyrrole nitrogens is 2. The third-order valence-electron chi connectivity index (χ3n) is 11.0. The summed E-state index contributed by atoms with van der Waals surface area (Å²) in [5.74, 6) is -4.01. The number of aliphatic carboxylic acids is 1. The number of aromatic amines is 2. The minimum Gasteiger partial charge on any atom is -0.508 e. The number of fused-ring (bicyclic) bond motifs is 2. The van der Waals surface area contributed by atoms with E-state index >= 15 is 0 Å². The second kappa shape index (κ2) is 20.2. The molecule has 5 atom stereocenters. The van der Waals surface area contributed by atoms with E-state index in [1.807, 2.05) is 109 Å². The van der Waals surface area contributed by atoms with Gasteiger partial charge in [-0.1, -0.05) is 109 Å². The van der Waals surface area contributed by atoms with Crippen LogP contribution in [0, 0.1) is 0 Å². The molecule has 7 rings (SSSR count). The number of phenolic OH excluding ortho intramolecular Hbond substituents is 1. The van der Waals surface area contributed by atoms with Crippen LogP contribution in [0.4, 0.5) is 0 Å². The molecule has 0 fully saturated rings. The number of carboxylic acid groups (broad SMARTS) is 1. The Kier molecular flexibility index (Phi) is 13.9. The van der Waals surface area contributed by atoms with Crippen LogP contribution >= 0.6 is 0 Å². The lowest BCUT2D eigenvalue weighted by Crippen LogP contribution is -2.59. The first-order valence-electron chi connectivity index (χ1n) is 20.7. The second-order valence-electron chi connectivity index (χ2n) is 15.6. The van der Waals surface area contributed by atoms with Gasteiger partial charge in [0.2, 0.25) is 23.6 Å². The number of hydrogen-bond acceptors (Lipinski definition) is 7. The maximum atomic E-state index is 14.7. The smallest absolute Gasteiger partial charge is 0.326 e. The molecule has 0 bridgehead atoms. The van der Waals surface area contributed by atoms with Gasteiger partial charge >= 0.3 is 5.97 Å². The molecule has 0 saturated heterocycles. The van der Waals surface area contributed by atoms with E-state index in [1.54, 1.807) is 24.5 Å². The molecule has 14 heteroatoms. The lowest BCUT2D eigenvalue weighted by molar-refractivity contribution is -0.142. The van der Waals surface area contributed by atoms with Crippen molar-refractivity contribution >= 4 is 51.4 Å². The summed E-state index contributed by atoms with van der Waals surface area (Å²) >= 11 is 0. The zero-order valence-corrected chi connectivity index (χ0v) is 34.3. The monoisotopic (exact) mass is 847 g/mol. The largest absolute Gasteiger partial charge is 0.508 e. The lowest BCUT2D eigenvalue weighted by Gasteiger charge is -2.27. The van der Waals surface area contributed by atoms with Gasteiger partial charge in [-0.3, -0.25) is 19.2 Å². The minimum atomic E-state index is -1.37. The van der Waals surface area contributed by atoms with Crippen molar-refractivity contribution in [2.24, 2.45) is 5.73 Å². The quantitative estimate of drug-likeness (QED) is 0.0571. The molecule has 0 radical (unpaired) electrons. The Morgan fingerprint density at radius 3 is 1.33 bits per heavy atom. The van der Waals surface area contributed by atoms with Crippen molar-refractivity contribution in [3.05, 3.63) is 174 Å². The molecule has 0 aliphatic carbocycles. The third kappa shape index (κ3) is 11.4. The minimum absolute atomic E-state index is 0.00636. The third-order valence-corrected chi connectivity index (χ3v) is 11.0. The molecule has 63 heavy (non-hydrogen) atoms. The van der Waals surface area contributed by atoms with Gasteiger partial charge in [0, 0.05) is 59.9 Å². The molecule has 0 aliphatic rings. The van der Waals surface area contributed by atoms with Crippen LogP contribution in [-0.4, -0.2) is 80.0 Å². The molecule has 322 valence electrons. The normalized spacial score (nSPS) is 13.6. The molecule has 5 unspecified atom stereocenters. The van der Waals surface area contributed by atoms with Crippen LogP contribution in [0.25, 0.3) is 21.8 Å². The van der Waals surface area contributed by atoms with Gasteiger partial charge in [-0.2, -0.15) is 0 Å². The van der Waals surface area contributed by atoms with Crippen LogP contribution in [-0.2, 0) is 56.1 Å². The Bertz CT molecular complexity index is 2680. The van der Waals surface area contributed by atoms with Crippen LogP contribution in [0.3, 0.4) is 0 Å². The Morgan fingerprint density at radius 1 is 0.460 bits per heavy atom. The Balaban J connectivity index is 1.16. The molecule has 10 N–H and O–H groups in total. The van der Waals surface area contributed by atoms with Crippen LogP contribution < -0.4 is 27.0 Å². The van der Waals surface area contributed by atoms with Crippen LogP contribution in [0.15, 0.2) is 146 Å². The van der Waals surface area contributed by atoms with Gasteiger partial charge in [0.15, 0.2) is 0 Å². The number of aromatic hydroxyl groups is 1. The molecule has 14 nitrogen and oxygen atoms in total. The van der Waals surface area contributed by atoms with E-state index in [-0.39, 0.29) is 37.9 Å². The Hall–Kier alpha value is -7.71. The fourth-order valence-corrected chi connectivity index (χ4v) is 7.64. The van der Waals surface area contributed by atoms with Gasteiger partial charge < -0.3 is 47.2 Å². The van der Waals surface area contributed by atoms with Gasteiger partial charge in [-0.15, -0.1) is 0 Å². The number of rotatable bonds is 19. The summed E-state index contributed by atoms with van der Waals surface area (Å²) in [4.78, 5) is 75.9. The Morgan fingerprint density at radius 2 is 0.841 bits per heavy atom. The fourth-order valence-electron chi connectivity index (χ4n) is 7.64. The average Bonchev–Trinajstić information content (AvgIpc) is 3.90. The van der Waals surface area contributed by atoms with Crippen molar-refractivity contribution in [2.75, 3.05) is 0 Å². The predicted molar refractivity (Wildman–Crippen MR) is 239 cm³/mol. The lowest BCUT2D eigenvalue weighted by atomic mass is 9.99. The highest BCUT2D eigenvalue weighted by Crippen LogP contribution is 2.21. The number of aromatic nitrogens is 2. The number of benzene rings is 5. The van der Waals surface area contributed by atoms with Crippen molar-refractivity contribution in [1.29, 1.82) is 0 Å². The summed E-state index contributed by atoms with van der Waals surface area (Å²) in [5.41, 5.74) is 11.5. The SMILES string of the molecule is NC(Cc1ccccc1)C(=O)NC(Cc1ccccc1)C(=O)NC(Cc1c[nH]c2ccccc12)C(=O)NC(Cc1ccc(O)cc1)C(=O)NC(Cc1c[nH]c2ccccc12)C(=O)O. The molecular weight excluding hydrogens is 799 g/mol. The molecule has 0 saturated carbocycles. The van der Waals surface area contributed by atoms with Crippen molar-refractivity contribution in [3.63, 3.8) is 0 Å². The number of phenols is 1. The number of hydrogen-bond donors (Lipinski definition) is 9. The van der Waals surface area contributed by atoms with E-state index in [2.05, 4.69) is 31.2 Å². The van der Waals surface area contributed by atoms with Gasteiger partial charge in [-0.25, -0.2) is 4.79 Å². The summed E-state index contributed by atoms with van der Waals surface area (Å²) in [5, 5.41) is 33.0. The first-order chi connectivity index (χ1) is 30.5. The summed E-state index contributed by atoms with van der Waals surface area (Å²) in [6, 6.07) is 33.2. The topological polar surface area (TPSA) is 232 Å². The molecule has 4 amide bonds. The summed E-state index contributed by atoms with van der Waals surface area (Å²) in [6.07, 6.45) is 3.60. The highest BCUT2D eigenvalue weighted by atomic mass is 16.4. The molecule has 2 heterocycles. The van der Waals surface area contributed by atoms with Crippen molar-refractivity contribution in [1.82, 2.24) is 31.2 Å². The second-order valence-corrected chi connectivity index (χ2v) is 15.6. The number of nitrogens with one attached hydrogen (secondary N) is 6. The van der Waals surface area contributed by atoms with Crippen LogP contribution in [0.1, 0.15) is 27.8 Å². The molecule has 5 aromatic carbocycles. The zero-order chi connectivity index (χ0) is 44.3. The van der Waals surface area contributed by atoms with Crippen molar-refractivity contribution < 1.29 is 34.2 Å².